The Kier molecular flexibility index (Phi) is 3.48. The molecule has 0 saturated carbocycles. The summed E-state index contributed by atoms with van der Waals surface area (Å²) in [7, 11) is 0. The average Bonchev–Trinajstić information content (AvgIpc) is 2.47. The minimum atomic E-state index is -0.319. The van der Waals surface area contributed by atoms with E-state index in [0.29, 0.717) is 11.3 Å². The number of aromatic nitrogens is 1. The van der Waals surface area contributed by atoms with Gasteiger partial charge in [0.1, 0.15) is 11.6 Å². The zero-order valence-corrected chi connectivity index (χ0v) is 11.5. The Morgan fingerprint density at radius 1 is 0.810 bits per heavy atom. The largest absolute Gasteiger partial charge is 0.255 e. The molecule has 0 aliphatic carbocycles. The van der Waals surface area contributed by atoms with Gasteiger partial charge >= 0.3 is 0 Å². The molecule has 2 aromatic carbocycles. The Morgan fingerprint density at radius 3 is 2.10 bits per heavy atom. The molecule has 0 aliphatic rings. The van der Waals surface area contributed by atoms with Crippen molar-refractivity contribution in [1.82, 2.24) is 4.98 Å². The van der Waals surface area contributed by atoms with Crippen molar-refractivity contribution in [3.05, 3.63) is 78.0 Å². The van der Waals surface area contributed by atoms with Crippen LogP contribution in [0.1, 0.15) is 5.56 Å². The summed E-state index contributed by atoms with van der Waals surface area (Å²) in [5, 5.41) is 0. The fourth-order valence-electron chi connectivity index (χ4n) is 2.31. The number of nitrogens with zero attached hydrogens (tertiary/aromatic N) is 1. The molecule has 3 heteroatoms. The summed E-state index contributed by atoms with van der Waals surface area (Å²) < 4.78 is 26.9. The van der Waals surface area contributed by atoms with Gasteiger partial charge in [0.2, 0.25) is 0 Å². The van der Waals surface area contributed by atoms with Crippen molar-refractivity contribution in [1.29, 1.82) is 0 Å². The summed E-state index contributed by atoms with van der Waals surface area (Å²) in [5.74, 6) is -0.626. The molecule has 1 nitrogen and oxygen atoms in total. The molecule has 0 aliphatic heterocycles. The third kappa shape index (κ3) is 2.82. The normalized spacial score (nSPS) is 10.6. The first-order valence-corrected chi connectivity index (χ1v) is 6.62. The van der Waals surface area contributed by atoms with E-state index < -0.39 is 0 Å². The van der Waals surface area contributed by atoms with Crippen LogP contribution in [0.2, 0.25) is 0 Å². The third-order valence-corrected chi connectivity index (χ3v) is 3.26. The lowest BCUT2D eigenvalue weighted by Gasteiger charge is -2.10. The van der Waals surface area contributed by atoms with Crippen molar-refractivity contribution in [2.75, 3.05) is 0 Å². The Balaban J connectivity index is 2.22. The van der Waals surface area contributed by atoms with Crippen LogP contribution in [-0.4, -0.2) is 4.98 Å². The third-order valence-electron chi connectivity index (χ3n) is 3.26. The molecule has 21 heavy (non-hydrogen) atoms. The van der Waals surface area contributed by atoms with E-state index in [9.17, 15) is 8.78 Å². The van der Waals surface area contributed by atoms with Crippen molar-refractivity contribution < 1.29 is 8.78 Å². The van der Waals surface area contributed by atoms with Crippen LogP contribution in [0.15, 0.2) is 60.8 Å². The molecule has 1 heterocycles. The van der Waals surface area contributed by atoms with E-state index in [2.05, 4.69) is 4.98 Å². The van der Waals surface area contributed by atoms with Gasteiger partial charge in [0.25, 0.3) is 0 Å². The molecule has 3 rings (SSSR count). The molecule has 0 unspecified atom stereocenters. The predicted octanol–water partition coefficient (Wildman–Crippen LogP) is 5.00. The zero-order valence-electron chi connectivity index (χ0n) is 11.5. The Labute approximate surface area is 121 Å². The van der Waals surface area contributed by atoms with E-state index in [4.69, 9.17) is 0 Å². The van der Waals surface area contributed by atoms with Gasteiger partial charge in [-0.15, -0.1) is 0 Å². The maximum Gasteiger partial charge on any atom is 0.123 e. The molecule has 0 radical (unpaired) electrons. The first kappa shape index (κ1) is 13.4. The van der Waals surface area contributed by atoms with Crippen LogP contribution in [0.5, 0.6) is 0 Å². The molecule has 1 aromatic heterocycles. The van der Waals surface area contributed by atoms with Crippen molar-refractivity contribution in [3.63, 3.8) is 0 Å². The average molecular weight is 281 g/mol. The summed E-state index contributed by atoms with van der Waals surface area (Å²) >= 11 is 0. The molecule has 0 bridgehead atoms. The van der Waals surface area contributed by atoms with Crippen LogP contribution in [0.3, 0.4) is 0 Å². The molecule has 0 fully saturated rings. The highest BCUT2D eigenvalue weighted by Gasteiger charge is 2.10. The number of hydrogen-bond acceptors (Lipinski definition) is 1. The fraction of sp³-hybridized carbons (Fsp3) is 0.0556. The van der Waals surface area contributed by atoms with Crippen molar-refractivity contribution in [3.8, 4) is 22.4 Å². The van der Waals surface area contributed by atoms with Gasteiger partial charge in [0.15, 0.2) is 0 Å². The van der Waals surface area contributed by atoms with Gasteiger partial charge in [0.05, 0.1) is 5.69 Å². The summed E-state index contributed by atoms with van der Waals surface area (Å²) in [4.78, 5) is 4.41. The van der Waals surface area contributed by atoms with Gasteiger partial charge in [-0.05, 0) is 48.4 Å². The molecule has 0 amide bonds. The van der Waals surface area contributed by atoms with Crippen LogP contribution in [0, 0.1) is 18.6 Å². The highest BCUT2D eigenvalue weighted by molar-refractivity contribution is 5.81. The van der Waals surface area contributed by atoms with Gasteiger partial charge in [-0.1, -0.05) is 24.3 Å². The van der Waals surface area contributed by atoms with E-state index in [1.165, 1.54) is 24.3 Å². The quantitative estimate of drug-likeness (QED) is 0.644. The van der Waals surface area contributed by atoms with Gasteiger partial charge in [-0.3, -0.25) is 4.98 Å². The Hall–Kier alpha value is -2.55. The van der Waals surface area contributed by atoms with Gasteiger partial charge in [0, 0.05) is 17.3 Å². The predicted molar refractivity (Wildman–Crippen MR) is 79.8 cm³/mol. The second-order valence-electron chi connectivity index (χ2n) is 4.93. The van der Waals surface area contributed by atoms with Crippen LogP contribution in [-0.2, 0) is 0 Å². The van der Waals surface area contributed by atoms with Crippen LogP contribution in [0.25, 0.3) is 22.4 Å². The van der Waals surface area contributed by atoms with E-state index in [1.54, 1.807) is 24.4 Å². The van der Waals surface area contributed by atoms with Crippen molar-refractivity contribution >= 4 is 0 Å². The minimum absolute atomic E-state index is 0.306. The van der Waals surface area contributed by atoms with Crippen molar-refractivity contribution in [2.24, 2.45) is 0 Å². The standard InChI is InChI=1S/C18H13F2N/c1-12-8-17(13-4-2-6-15(19)9-13)18(21-11-12)14-5-3-7-16(20)10-14/h2-11H,1H3. The minimum Gasteiger partial charge on any atom is -0.255 e. The smallest absolute Gasteiger partial charge is 0.123 e. The highest BCUT2D eigenvalue weighted by Crippen LogP contribution is 2.31. The number of benzene rings is 2. The molecule has 104 valence electrons. The number of aryl methyl sites for hydroxylation is 1. The SMILES string of the molecule is Cc1cnc(-c2cccc(F)c2)c(-c2cccc(F)c2)c1. The highest BCUT2D eigenvalue weighted by atomic mass is 19.1. The monoisotopic (exact) mass is 281 g/mol. The van der Waals surface area contributed by atoms with Gasteiger partial charge < -0.3 is 0 Å². The van der Waals surface area contributed by atoms with Crippen LogP contribution in [0.4, 0.5) is 8.78 Å². The zero-order chi connectivity index (χ0) is 14.8. The molecule has 0 saturated heterocycles. The van der Waals surface area contributed by atoms with E-state index in [0.717, 1.165) is 16.7 Å². The Morgan fingerprint density at radius 2 is 1.43 bits per heavy atom. The first-order valence-electron chi connectivity index (χ1n) is 6.62. The second kappa shape index (κ2) is 5.44. The number of rotatable bonds is 2. The van der Waals surface area contributed by atoms with Gasteiger partial charge in [-0.25, -0.2) is 8.78 Å². The Bertz CT molecular complexity index is 797. The second-order valence-corrected chi connectivity index (χ2v) is 4.93. The van der Waals surface area contributed by atoms with Crippen LogP contribution < -0.4 is 0 Å². The lowest BCUT2D eigenvalue weighted by Crippen LogP contribution is -1.92. The lowest BCUT2D eigenvalue weighted by atomic mass is 9.98. The topological polar surface area (TPSA) is 12.9 Å². The maximum atomic E-state index is 13.5. The van der Waals surface area contributed by atoms with E-state index in [-0.39, 0.29) is 11.6 Å². The van der Waals surface area contributed by atoms with E-state index >= 15 is 0 Å². The molecule has 0 atom stereocenters. The molecule has 0 N–H and O–H groups in total. The van der Waals surface area contributed by atoms with Crippen molar-refractivity contribution in [2.45, 2.75) is 6.92 Å². The van der Waals surface area contributed by atoms with Crippen LogP contribution >= 0.6 is 0 Å². The summed E-state index contributed by atoms with van der Waals surface area (Å²) in [6.07, 6.45) is 1.73. The van der Waals surface area contributed by atoms with Gasteiger partial charge in [-0.2, -0.15) is 0 Å². The summed E-state index contributed by atoms with van der Waals surface area (Å²) in [6, 6.07) is 14.5. The number of hydrogen-bond donors (Lipinski definition) is 0. The molecule has 3 aromatic rings. The lowest BCUT2D eigenvalue weighted by molar-refractivity contribution is 0.627. The molecular weight excluding hydrogens is 268 g/mol. The van der Waals surface area contributed by atoms with E-state index in [1.807, 2.05) is 19.1 Å². The summed E-state index contributed by atoms with van der Waals surface area (Å²) in [6.45, 7) is 1.92. The summed E-state index contributed by atoms with van der Waals surface area (Å²) in [5.41, 5.74) is 3.81. The maximum absolute atomic E-state index is 13.5. The first-order chi connectivity index (χ1) is 10.1. The number of pyridine rings is 1. The number of halogens is 2. The fourth-order valence-corrected chi connectivity index (χ4v) is 2.31. The molecular formula is C18H13F2N. The molecule has 0 spiro atoms.